The Bertz CT molecular complexity index is 833. The van der Waals surface area contributed by atoms with Crippen molar-refractivity contribution < 1.29 is 13.9 Å². The van der Waals surface area contributed by atoms with Gasteiger partial charge in [-0.15, -0.1) is 0 Å². The second-order valence-corrected chi connectivity index (χ2v) is 5.90. The number of nitriles is 1. The van der Waals surface area contributed by atoms with Crippen LogP contribution in [0.3, 0.4) is 0 Å². The topological polar surface area (TPSA) is 63.0 Å². The van der Waals surface area contributed by atoms with Gasteiger partial charge in [-0.05, 0) is 44.4 Å². The van der Waals surface area contributed by atoms with Crippen molar-refractivity contribution in [3.63, 3.8) is 0 Å². The number of hydrogen-bond acceptors (Lipinski definition) is 4. The molecule has 0 aliphatic carbocycles. The highest BCUT2D eigenvalue weighted by Crippen LogP contribution is 2.33. The summed E-state index contributed by atoms with van der Waals surface area (Å²) in [6, 6.07) is 4.64. The molecule has 0 spiro atoms. The molecule has 3 rings (SSSR count). The SMILES string of the molecule is CC(=O)c1cc(F)cc2c(C#N)c(C)c(C3CCOCC3)nc12. The number of carbonyl (C=O) groups excluding carboxylic acids is 1. The minimum absolute atomic E-state index is 0.199. The van der Waals surface area contributed by atoms with Crippen molar-refractivity contribution in [3.8, 4) is 6.07 Å². The lowest BCUT2D eigenvalue weighted by molar-refractivity contribution is 0.0844. The molecule has 1 aliphatic rings. The smallest absolute Gasteiger partial charge is 0.162 e. The second kappa shape index (κ2) is 6.05. The first-order chi connectivity index (χ1) is 11.0. The van der Waals surface area contributed by atoms with Crippen LogP contribution in [0.15, 0.2) is 12.1 Å². The normalized spacial score (nSPS) is 15.6. The predicted molar refractivity (Wildman–Crippen MR) is 84.0 cm³/mol. The van der Waals surface area contributed by atoms with Crippen molar-refractivity contribution >= 4 is 16.7 Å². The van der Waals surface area contributed by atoms with Crippen LogP contribution in [0.5, 0.6) is 0 Å². The largest absolute Gasteiger partial charge is 0.381 e. The van der Waals surface area contributed by atoms with Crippen LogP contribution in [0.4, 0.5) is 4.39 Å². The highest BCUT2D eigenvalue weighted by Gasteiger charge is 2.24. The van der Waals surface area contributed by atoms with Crippen LogP contribution in [0.2, 0.25) is 0 Å². The highest BCUT2D eigenvalue weighted by molar-refractivity contribution is 6.06. The summed E-state index contributed by atoms with van der Waals surface area (Å²) in [5.41, 5.74) is 2.64. The van der Waals surface area contributed by atoms with E-state index >= 15 is 0 Å². The van der Waals surface area contributed by atoms with Gasteiger partial charge >= 0.3 is 0 Å². The van der Waals surface area contributed by atoms with Gasteiger partial charge in [0.1, 0.15) is 11.9 Å². The number of ketones is 1. The molecular weight excluding hydrogens is 295 g/mol. The van der Waals surface area contributed by atoms with Crippen molar-refractivity contribution in [1.82, 2.24) is 4.98 Å². The van der Waals surface area contributed by atoms with Crippen molar-refractivity contribution in [2.45, 2.75) is 32.6 Å². The molecule has 23 heavy (non-hydrogen) atoms. The van der Waals surface area contributed by atoms with Crippen molar-refractivity contribution in [2.24, 2.45) is 0 Å². The minimum atomic E-state index is -0.529. The number of nitrogens with zero attached hydrogens (tertiary/aromatic N) is 2. The number of hydrogen-bond donors (Lipinski definition) is 0. The number of fused-ring (bicyclic) bond motifs is 1. The maximum Gasteiger partial charge on any atom is 0.162 e. The fourth-order valence-electron chi connectivity index (χ4n) is 3.23. The average Bonchev–Trinajstić information content (AvgIpc) is 2.54. The van der Waals surface area contributed by atoms with Crippen LogP contribution in [0.1, 0.15) is 52.9 Å². The first-order valence-corrected chi connectivity index (χ1v) is 7.65. The first-order valence-electron chi connectivity index (χ1n) is 7.65. The zero-order chi connectivity index (χ0) is 16.6. The third-order valence-electron chi connectivity index (χ3n) is 4.43. The number of rotatable bonds is 2. The zero-order valence-electron chi connectivity index (χ0n) is 13.1. The zero-order valence-corrected chi connectivity index (χ0v) is 13.1. The van der Waals surface area contributed by atoms with Crippen molar-refractivity contribution in [2.75, 3.05) is 13.2 Å². The van der Waals surface area contributed by atoms with E-state index in [4.69, 9.17) is 4.74 Å². The van der Waals surface area contributed by atoms with Crippen LogP contribution in [0, 0.1) is 24.1 Å². The summed E-state index contributed by atoms with van der Waals surface area (Å²) < 4.78 is 19.2. The summed E-state index contributed by atoms with van der Waals surface area (Å²) in [7, 11) is 0. The molecule has 2 heterocycles. The summed E-state index contributed by atoms with van der Waals surface area (Å²) in [4.78, 5) is 16.5. The molecule has 118 valence electrons. The van der Waals surface area contributed by atoms with Gasteiger partial charge < -0.3 is 4.74 Å². The van der Waals surface area contributed by atoms with Crippen molar-refractivity contribution in [1.29, 1.82) is 5.26 Å². The molecule has 1 aliphatic heterocycles. The monoisotopic (exact) mass is 312 g/mol. The van der Waals surface area contributed by atoms with Gasteiger partial charge in [0.15, 0.2) is 5.78 Å². The molecule has 0 radical (unpaired) electrons. The van der Waals surface area contributed by atoms with E-state index in [1.54, 1.807) is 0 Å². The number of halogens is 1. The fourth-order valence-corrected chi connectivity index (χ4v) is 3.23. The van der Waals surface area contributed by atoms with Gasteiger partial charge in [0.25, 0.3) is 0 Å². The number of ether oxygens (including phenoxy) is 1. The lowest BCUT2D eigenvalue weighted by atomic mass is 9.89. The Morgan fingerprint density at radius 3 is 2.70 bits per heavy atom. The van der Waals surface area contributed by atoms with Crippen LogP contribution in [0.25, 0.3) is 10.9 Å². The van der Waals surface area contributed by atoms with Crippen LogP contribution in [-0.4, -0.2) is 24.0 Å². The maximum absolute atomic E-state index is 13.9. The summed E-state index contributed by atoms with van der Waals surface area (Å²) >= 11 is 0. The Hall–Kier alpha value is -2.32. The van der Waals surface area contributed by atoms with Gasteiger partial charge in [-0.25, -0.2) is 4.39 Å². The Balaban J connectivity index is 2.33. The Morgan fingerprint density at radius 1 is 1.39 bits per heavy atom. The van der Waals surface area contributed by atoms with Crippen LogP contribution >= 0.6 is 0 Å². The molecule has 0 saturated carbocycles. The maximum atomic E-state index is 13.9. The second-order valence-electron chi connectivity index (χ2n) is 5.90. The van der Waals surface area contributed by atoms with Gasteiger partial charge in [-0.2, -0.15) is 5.26 Å². The van der Waals surface area contributed by atoms with Gasteiger partial charge in [-0.3, -0.25) is 9.78 Å². The van der Waals surface area contributed by atoms with E-state index in [2.05, 4.69) is 11.1 Å². The van der Waals surface area contributed by atoms with E-state index in [-0.39, 0.29) is 17.3 Å². The molecule has 5 heteroatoms. The van der Waals surface area contributed by atoms with Crippen molar-refractivity contribution in [3.05, 3.63) is 40.3 Å². The van der Waals surface area contributed by atoms with E-state index in [9.17, 15) is 14.4 Å². The number of pyridine rings is 1. The Kier molecular flexibility index (Phi) is 4.10. The van der Waals surface area contributed by atoms with Gasteiger partial charge in [-0.1, -0.05) is 0 Å². The predicted octanol–water partition coefficient (Wildman–Crippen LogP) is 3.65. The molecule has 0 bridgehead atoms. The lowest BCUT2D eigenvalue weighted by Gasteiger charge is -2.24. The van der Waals surface area contributed by atoms with E-state index in [1.165, 1.54) is 19.1 Å². The summed E-state index contributed by atoms with van der Waals surface area (Å²) in [5, 5.41) is 9.96. The highest BCUT2D eigenvalue weighted by atomic mass is 19.1. The first kappa shape index (κ1) is 15.6. The van der Waals surface area contributed by atoms with Gasteiger partial charge in [0.05, 0.1) is 11.1 Å². The van der Waals surface area contributed by atoms with E-state index in [0.29, 0.717) is 29.7 Å². The molecule has 1 aromatic heterocycles. The number of aromatic nitrogens is 1. The molecule has 1 fully saturated rings. The van der Waals surface area contributed by atoms with E-state index in [1.807, 2.05) is 6.92 Å². The number of benzene rings is 1. The molecule has 4 nitrogen and oxygen atoms in total. The molecular formula is C18H17FN2O2. The third-order valence-corrected chi connectivity index (χ3v) is 4.43. The molecule has 0 N–H and O–H groups in total. The lowest BCUT2D eigenvalue weighted by Crippen LogP contribution is -2.17. The summed E-state index contributed by atoms with van der Waals surface area (Å²) in [6.45, 7) is 4.55. The van der Waals surface area contributed by atoms with E-state index in [0.717, 1.165) is 24.1 Å². The Labute approximate surface area is 133 Å². The molecule has 1 aromatic carbocycles. The molecule has 0 unspecified atom stereocenters. The van der Waals surface area contributed by atoms with E-state index < -0.39 is 5.82 Å². The van der Waals surface area contributed by atoms with Gasteiger partial charge in [0, 0.05) is 35.8 Å². The summed E-state index contributed by atoms with van der Waals surface area (Å²) in [5.74, 6) is -0.586. The number of carbonyl (C=O) groups is 1. The molecule has 2 aromatic rings. The molecule has 0 amide bonds. The molecule has 0 atom stereocenters. The van der Waals surface area contributed by atoms with Gasteiger partial charge in [0.2, 0.25) is 0 Å². The fraction of sp³-hybridized carbons (Fsp3) is 0.389. The van der Waals surface area contributed by atoms with Crippen LogP contribution in [-0.2, 0) is 4.74 Å². The minimum Gasteiger partial charge on any atom is -0.381 e. The average molecular weight is 312 g/mol. The molecule has 1 saturated heterocycles. The standard InChI is InChI=1S/C18H17FN2O2/c1-10-16(9-20)15-8-13(19)7-14(11(2)22)18(15)21-17(10)12-3-5-23-6-4-12/h7-8,12H,3-6H2,1-2H3. The third kappa shape index (κ3) is 2.71. The number of Topliss-reactive ketones (excluding diaryl/α,β-unsaturated/α-hetero) is 1. The summed E-state index contributed by atoms with van der Waals surface area (Å²) in [6.07, 6.45) is 1.67. The van der Waals surface area contributed by atoms with Crippen LogP contribution < -0.4 is 0 Å². The quantitative estimate of drug-likeness (QED) is 0.794. The Morgan fingerprint density at radius 2 is 2.09 bits per heavy atom.